The lowest BCUT2D eigenvalue weighted by Crippen LogP contribution is -2.37. The molecule has 7 aromatic rings. The third-order valence-corrected chi connectivity index (χ3v) is 11.0. The summed E-state index contributed by atoms with van der Waals surface area (Å²) in [5, 5.41) is 3.73. The fourth-order valence-corrected chi connectivity index (χ4v) is 8.72. The van der Waals surface area contributed by atoms with E-state index in [1.807, 2.05) is 0 Å². The Morgan fingerprint density at radius 3 is 2.23 bits per heavy atom. The zero-order chi connectivity index (χ0) is 31.5. The Hall–Kier alpha value is -5.54. The van der Waals surface area contributed by atoms with Gasteiger partial charge in [-0.3, -0.25) is 0 Å². The third kappa shape index (κ3) is 3.46. The molecule has 6 aromatic carbocycles. The molecular weight excluding hydrogens is 572 g/mol. The summed E-state index contributed by atoms with van der Waals surface area (Å²) in [6, 6.07) is 50.6. The van der Waals surface area contributed by atoms with Gasteiger partial charge >= 0.3 is 0 Å². The Balaban J connectivity index is 1.26. The lowest BCUT2D eigenvalue weighted by molar-refractivity contribution is 0.182. The molecule has 0 spiro atoms. The monoisotopic (exact) mass is 606 g/mol. The maximum Gasteiger partial charge on any atom is 0.139 e. The van der Waals surface area contributed by atoms with Crippen LogP contribution in [0, 0.1) is 0 Å². The van der Waals surface area contributed by atoms with Crippen LogP contribution in [0.2, 0.25) is 0 Å². The van der Waals surface area contributed by atoms with Crippen LogP contribution in [0.3, 0.4) is 0 Å². The van der Waals surface area contributed by atoms with E-state index in [9.17, 15) is 0 Å². The summed E-state index contributed by atoms with van der Waals surface area (Å²) in [5.41, 5.74) is 11.9. The highest BCUT2D eigenvalue weighted by atomic mass is 16.5. The molecule has 0 bridgehead atoms. The number of fused-ring (bicyclic) bond motifs is 10. The zero-order valence-electron chi connectivity index (χ0n) is 26.7. The molecule has 1 aromatic heterocycles. The molecule has 1 aliphatic carbocycles. The number of para-hydroxylation sites is 3. The SMILES string of the molecule is CC1(C)C2=CC3(C)c4ccccc4OC3c3c2n(c2ccccc32)-c2ccc(N(c3ccccc3)c3cccc4ccccc34)cc21. The molecule has 0 amide bonds. The minimum absolute atomic E-state index is 0.0821. The van der Waals surface area contributed by atoms with E-state index >= 15 is 0 Å². The van der Waals surface area contributed by atoms with E-state index in [0.717, 1.165) is 17.1 Å². The van der Waals surface area contributed by atoms with Crippen molar-refractivity contribution in [1.29, 1.82) is 0 Å². The van der Waals surface area contributed by atoms with Crippen molar-refractivity contribution in [3.63, 3.8) is 0 Å². The second-order valence-electron chi connectivity index (χ2n) is 13.9. The quantitative estimate of drug-likeness (QED) is 0.199. The molecule has 0 radical (unpaired) electrons. The van der Waals surface area contributed by atoms with Gasteiger partial charge in [0.05, 0.1) is 28.0 Å². The number of ether oxygens (including phenoxy) is 1. The van der Waals surface area contributed by atoms with Gasteiger partial charge in [0, 0.05) is 38.7 Å². The summed E-state index contributed by atoms with van der Waals surface area (Å²) in [7, 11) is 0. The van der Waals surface area contributed by atoms with Crippen LogP contribution in [0.5, 0.6) is 5.75 Å². The molecule has 10 rings (SSSR count). The number of allylic oxidation sites excluding steroid dienone is 1. The Bertz CT molecular complexity index is 2440. The van der Waals surface area contributed by atoms with E-state index in [0.29, 0.717) is 0 Å². The number of rotatable bonds is 3. The van der Waals surface area contributed by atoms with Gasteiger partial charge in [-0.25, -0.2) is 0 Å². The number of hydrogen-bond donors (Lipinski definition) is 0. The maximum atomic E-state index is 6.85. The largest absolute Gasteiger partial charge is 0.484 e. The van der Waals surface area contributed by atoms with Crippen LogP contribution < -0.4 is 9.64 Å². The van der Waals surface area contributed by atoms with Crippen LogP contribution in [0.25, 0.3) is 32.9 Å². The third-order valence-electron chi connectivity index (χ3n) is 11.0. The average molecular weight is 607 g/mol. The lowest BCUT2D eigenvalue weighted by atomic mass is 9.63. The average Bonchev–Trinajstić information content (AvgIpc) is 3.60. The predicted octanol–water partition coefficient (Wildman–Crippen LogP) is 11.3. The van der Waals surface area contributed by atoms with Crippen molar-refractivity contribution in [3.8, 4) is 11.4 Å². The molecule has 3 heteroatoms. The molecule has 0 saturated carbocycles. The minimum Gasteiger partial charge on any atom is -0.484 e. The number of nitrogens with zero attached hydrogens (tertiary/aromatic N) is 2. The van der Waals surface area contributed by atoms with E-state index in [-0.39, 0.29) is 16.9 Å². The van der Waals surface area contributed by atoms with Crippen molar-refractivity contribution in [2.24, 2.45) is 0 Å². The Labute approximate surface area is 275 Å². The van der Waals surface area contributed by atoms with Gasteiger partial charge in [0.25, 0.3) is 0 Å². The van der Waals surface area contributed by atoms with Crippen molar-refractivity contribution in [3.05, 3.63) is 168 Å². The molecular formula is C44H34N2O. The maximum absolute atomic E-state index is 6.85. The molecule has 2 aliphatic heterocycles. The van der Waals surface area contributed by atoms with Gasteiger partial charge in [-0.1, -0.05) is 111 Å². The van der Waals surface area contributed by atoms with Crippen LogP contribution in [0.1, 0.15) is 49.3 Å². The number of hydrogen-bond acceptors (Lipinski definition) is 2. The zero-order valence-corrected chi connectivity index (χ0v) is 26.7. The highest BCUT2D eigenvalue weighted by Gasteiger charge is 2.53. The summed E-state index contributed by atoms with van der Waals surface area (Å²) >= 11 is 0. The van der Waals surface area contributed by atoms with E-state index < -0.39 is 0 Å². The first-order valence-electron chi connectivity index (χ1n) is 16.6. The Morgan fingerprint density at radius 2 is 1.36 bits per heavy atom. The number of aromatic nitrogens is 1. The second kappa shape index (κ2) is 9.27. The minimum atomic E-state index is -0.278. The summed E-state index contributed by atoms with van der Waals surface area (Å²) in [6.45, 7) is 7.18. The summed E-state index contributed by atoms with van der Waals surface area (Å²) in [4.78, 5) is 2.42. The van der Waals surface area contributed by atoms with Gasteiger partial charge in [-0.05, 0) is 72.0 Å². The molecule has 2 unspecified atom stereocenters. The van der Waals surface area contributed by atoms with Gasteiger partial charge in [-0.15, -0.1) is 0 Å². The Morgan fingerprint density at radius 1 is 0.638 bits per heavy atom. The summed E-state index contributed by atoms with van der Waals surface area (Å²) < 4.78 is 9.37. The normalized spacial score (nSPS) is 19.7. The van der Waals surface area contributed by atoms with Crippen LogP contribution in [0.4, 0.5) is 17.1 Å². The van der Waals surface area contributed by atoms with Gasteiger partial charge in [0.2, 0.25) is 0 Å². The first-order valence-corrected chi connectivity index (χ1v) is 16.6. The Kier molecular flexibility index (Phi) is 5.25. The molecule has 0 N–H and O–H groups in total. The van der Waals surface area contributed by atoms with E-state index in [4.69, 9.17) is 4.74 Å². The second-order valence-corrected chi connectivity index (χ2v) is 13.9. The summed E-state index contributed by atoms with van der Waals surface area (Å²) in [5.74, 6) is 0.991. The van der Waals surface area contributed by atoms with E-state index in [2.05, 4.69) is 176 Å². The van der Waals surface area contributed by atoms with Crippen molar-refractivity contribution < 1.29 is 4.74 Å². The molecule has 3 heterocycles. The molecule has 2 atom stereocenters. The van der Waals surface area contributed by atoms with Crippen LogP contribution >= 0.6 is 0 Å². The van der Waals surface area contributed by atoms with Gasteiger partial charge in [0.15, 0.2) is 0 Å². The fourth-order valence-electron chi connectivity index (χ4n) is 8.72. The molecule has 3 aliphatic rings. The highest BCUT2D eigenvalue weighted by molar-refractivity contribution is 6.01. The molecule has 0 saturated heterocycles. The van der Waals surface area contributed by atoms with Crippen LogP contribution in [-0.2, 0) is 10.8 Å². The molecule has 0 fully saturated rings. The molecule has 47 heavy (non-hydrogen) atoms. The van der Waals surface area contributed by atoms with Crippen molar-refractivity contribution in [1.82, 2.24) is 4.57 Å². The molecule has 3 nitrogen and oxygen atoms in total. The smallest absolute Gasteiger partial charge is 0.139 e. The van der Waals surface area contributed by atoms with Crippen molar-refractivity contribution >= 4 is 44.3 Å². The highest BCUT2D eigenvalue weighted by Crippen LogP contribution is 2.62. The molecule has 226 valence electrons. The predicted molar refractivity (Wildman–Crippen MR) is 194 cm³/mol. The standard InChI is InChI=1S/C44H34N2O/c1-43(2)34-26-30(45(29-16-5-4-6-17-29)36-22-13-15-28-14-7-8-18-31(28)36)24-25-38(34)46-37-21-11-9-19-32(37)40-41(46)35(43)27-44(3)33-20-10-12-23-39(33)47-42(40)44/h4-27,42H,1-3H3. The van der Waals surface area contributed by atoms with Crippen molar-refractivity contribution in [2.75, 3.05) is 4.90 Å². The topological polar surface area (TPSA) is 17.4 Å². The van der Waals surface area contributed by atoms with E-state index in [1.54, 1.807) is 0 Å². The first kappa shape index (κ1) is 26.7. The van der Waals surface area contributed by atoms with Gasteiger partial charge in [-0.2, -0.15) is 0 Å². The first-order chi connectivity index (χ1) is 22.9. The van der Waals surface area contributed by atoms with Crippen LogP contribution in [0.15, 0.2) is 146 Å². The summed E-state index contributed by atoms with van der Waals surface area (Å²) in [6.07, 6.45) is 2.46. The van der Waals surface area contributed by atoms with Gasteiger partial charge in [0.1, 0.15) is 11.9 Å². The lowest BCUT2D eigenvalue weighted by Gasteiger charge is -2.43. The van der Waals surface area contributed by atoms with Crippen LogP contribution in [-0.4, -0.2) is 4.57 Å². The fraction of sp³-hybridized carbons (Fsp3) is 0.136. The number of benzene rings is 6. The number of anilines is 3. The van der Waals surface area contributed by atoms with E-state index in [1.165, 1.54) is 61.0 Å². The van der Waals surface area contributed by atoms with Gasteiger partial charge < -0.3 is 14.2 Å². The van der Waals surface area contributed by atoms with Crippen molar-refractivity contribution in [2.45, 2.75) is 37.7 Å².